The van der Waals surface area contributed by atoms with Crippen LogP contribution in [0.5, 0.6) is 0 Å². The molecule has 0 heterocycles. The Kier molecular flexibility index (Phi) is 4.97. The summed E-state index contributed by atoms with van der Waals surface area (Å²) in [5.41, 5.74) is 1.83. The Morgan fingerprint density at radius 2 is 1.94 bits per heavy atom. The summed E-state index contributed by atoms with van der Waals surface area (Å²) in [5.74, 6) is 0.00809. The molecule has 2 N–H and O–H groups in total. The van der Waals surface area contributed by atoms with Gasteiger partial charge in [0.15, 0.2) is 0 Å². The fraction of sp³-hybridized carbons (Fsp3) is 0.462. The Labute approximate surface area is 102 Å². The number of carbonyl (C=O) groups is 1. The second kappa shape index (κ2) is 6.25. The fourth-order valence-electron chi connectivity index (χ4n) is 1.53. The maximum atomic E-state index is 11.6. The van der Waals surface area contributed by atoms with E-state index in [1.807, 2.05) is 50.1 Å². The first-order valence-corrected chi connectivity index (χ1v) is 5.73. The van der Waals surface area contributed by atoms with Crippen LogP contribution < -0.4 is 10.2 Å². The molecule has 0 bridgehead atoms. The molecule has 0 saturated carbocycles. The van der Waals surface area contributed by atoms with Crippen LogP contribution in [0.2, 0.25) is 0 Å². The van der Waals surface area contributed by atoms with Crippen molar-refractivity contribution in [2.24, 2.45) is 0 Å². The van der Waals surface area contributed by atoms with Gasteiger partial charge in [0.05, 0.1) is 13.2 Å². The molecule has 0 spiro atoms. The highest BCUT2D eigenvalue weighted by molar-refractivity contribution is 5.81. The molecule has 1 amide bonds. The van der Waals surface area contributed by atoms with Crippen molar-refractivity contribution >= 4 is 11.6 Å². The van der Waals surface area contributed by atoms with Gasteiger partial charge < -0.3 is 15.3 Å². The van der Waals surface area contributed by atoms with Crippen LogP contribution in [-0.4, -0.2) is 30.6 Å². The summed E-state index contributed by atoms with van der Waals surface area (Å²) < 4.78 is 0. The highest BCUT2D eigenvalue weighted by atomic mass is 16.3. The molecule has 0 aromatic heterocycles. The normalized spacial score (nSPS) is 10.4. The molecule has 1 aromatic carbocycles. The van der Waals surface area contributed by atoms with Gasteiger partial charge in [-0.15, -0.1) is 0 Å². The van der Waals surface area contributed by atoms with Crippen LogP contribution in [0.15, 0.2) is 24.3 Å². The number of nitrogens with zero attached hydrogens (tertiary/aromatic N) is 1. The SMILES string of the molecule is CC(C)NC(=O)CN(C)c1ccc(CO)cc1. The third-order valence-electron chi connectivity index (χ3n) is 2.39. The molecular formula is C13H20N2O2. The molecule has 4 heteroatoms. The van der Waals surface area contributed by atoms with Crippen molar-refractivity contribution in [3.8, 4) is 0 Å². The Bertz CT molecular complexity index is 360. The van der Waals surface area contributed by atoms with E-state index in [0.717, 1.165) is 11.3 Å². The van der Waals surface area contributed by atoms with Crippen molar-refractivity contribution < 1.29 is 9.90 Å². The molecule has 1 aromatic rings. The lowest BCUT2D eigenvalue weighted by atomic mass is 10.2. The monoisotopic (exact) mass is 236 g/mol. The highest BCUT2D eigenvalue weighted by Gasteiger charge is 2.08. The minimum atomic E-state index is 0.00809. The second-order valence-corrected chi connectivity index (χ2v) is 4.40. The van der Waals surface area contributed by atoms with Gasteiger partial charge in [-0.3, -0.25) is 4.79 Å². The van der Waals surface area contributed by atoms with Gasteiger partial charge >= 0.3 is 0 Å². The van der Waals surface area contributed by atoms with Gasteiger partial charge in [0.2, 0.25) is 5.91 Å². The number of likely N-dealkylation sites (N-methyl/N-ethyl adjacent to an activating group) is 1. The van der Waals surface area contributed by atoms with Crippen LogP contribution in [0.1, 0.15) is 19.4 Å². The molecule has 0 unspecified atom stereocenters. The van der Waals surface area contributed by atoms with E-state index in [1.54, 1.807) is 0 Å². The quantitative estimate of drug-likeness (QED) is 0.806. The minimum Gasteiger partial charge on any atom is -0.392 e. The maximum Gasteiger partial charge on any atom is 0.239 e. The summed E-state index contributed by atoms with van der Waals surface area (Å²) in [6.07, 6.45) is 0. The highest BCUT2D eigenvalue weighted by Crippen LogP contribution is 2.13. The molecule has 1 rings (SSSR count). The maximum absolute atomic E-state index is 11.6. The zero-order valence-electron chi connectivity index (χ0n) is 10.6. The first-order valence-electron chi connectivity index (χ1n) is 5.73. The van der Waals surface area contributed by atoms with E-state index < -0.39 is 0 Å². The standard InChI is InChI=1S/C13H20N2O2/c1-10(2)14-13(17)8-15(3)12-6-4-11(9-16)5-7-12/h4-7,10,16H,8-9H2,1-3H3,(H,14,17). The van der Waals surface area contributed by atoms with Gasteiger partial charge in [-0.1, -0.05) is 12.1 Å². The Hall–Kier alpha value is -1.55. The van der Waals surface area contributed by atoms with Crippen LogP contribution in [0.25, 0.3) is 0 Å². The zero-order valence-corrected chi connectivity index (χ0v) is 10.6. The summed E-state index contributed by atoms with van der Waals surface area (Å²) >= 11 is 0. The molecule has 17 heavy (non-hydrogen) atoms. The molecule has 0 aliphatic heterocycles. The number of aliphatic hydroxyl groups excluding tert-OH is 1. The topological polar surface area (TPSA) is 52.6 Å². The van der Waals surface area contributed by atoms with E-state index >= 15 is 0 Å². The molecular weight excluding hydrogens is 216 g/mol. The van der Waals surface area contributed by atoms with Crippen molar-refractivity contribution in [2.45, 2.75) is 26.5 Å². The van der Waals surface area contributed by atoms with Crippen molar-refractivity contribution in [3.05, 3.63) is 29.8 Å². The van der Waals surface area contributed by atoms with Gasteiger partial charge in [0, 0.05) is 18.8 Å². The average Bonchev–Trinajstić information content (AvgIpc) is 2.28. The Morgan fingerprint density at radius 3 is 2.41 bits per heavy atom. The van der Waals surface area contributed by atoms with Crippen LogP contribution in [-0.2, 0) is 11.4 Å². The van der Waals surface area contributed by atoms with Crippen LogP contribution in [0, 0.1) is 0 Å². The van der Waals surface area contributed by atoms with Crippen molar-refractivity contribution in [1.82, 2.24) is 5.32 Å². The molecule has 0 fully saturated rings. The lowest BCUT2D eigenvalue weighted by Crippen LogP contribution is -2.38. The van der Waals surface area contributed by atoms with Gasteiger partial charge in [-0.05, 0) is 31.5 Å². The zero-order chi connectivity index (χ0) is 12.8. The number of nitrogens with one attached hydrogen (secondary N) is 1. The second-order valence-electron chi connectivity index (χ2n) is 4.40. The van der Waals surface area contributed by atoms with E-state index in [-0.39, 0.29) is 18.6 Å². The third-order valence-corrected chi connectivity index (χ3v) is 2.39. The van der Waals surface area contributed by atoms with Crippen LogP contribution in [0.3, 0.4) is 0 Å². The molecule has 0 aliphatic carbocycles. The van der Waals surface area contributed by atoms with E-state index in [4.69, 9.17) is 5.11 Å². The number of carbonyl (C=O) groups excluding carboxylic acids is 1. The van der Waals surface area contributed by atoms with Gasteiger partial charge in [0.1, 0.15) is 0 Å². The number of anilines is 1. The lowest BCUT2D eigenvalue weighted by molar-refractivity contribution is -0.120. The fourth-order valence-corrected chi connectivity index (χ4v) is 1.53. The van der Waals surface area contributed by atoms with E-state index in [9.17, 15) is 4.79 Å². The molecule has 0 saturated heterocycles. The predicted molar refractivity (Wildman–Crippen MR) is 68.9 cm³/mol. The van der Waals surface area contributed by atoms with E-state index in [0.29, 0.717) is 6.54 Å². The van der Waals surface area contributed by atoms with Crippen molar-refractivity contribution in [2.75, 3.05) is 18.5 Å². The summed E-state index contributed by atoms with van der Waals surface area (Å²) in [4.78, 5) is 13.4. The van der Waals surface area contributed by atoms with Gasteiger partial charge in [-0.25, -0.2) is 0 Å². The van der Waals surface area contributed by atoms with Crippen LogP contribution >= 0.6 is 0 Å². The summed E-state index contributed by atoms with van der Waals surface area (Å²) in [6, 6.07) is 7.66. The number of hydrogen-bond donors (Lipinski definition) is 2. The molecule has 0 radical (unpaired) electrons. The summed E-state index contributed by atoms with van der Waals surface area (Å²) in [7, 11) is 1.87. The predicted octanol–water partition coefficient (Wildman–Crippen LogP) is 1.14. The average molecular weight is 236 g/mol. The number of hydrogen-bond acceptors (Lipinski definition) is 3. The molecule has 0 aliphatic rings. The van der Waals surface area contributed by atoms with Crippen LogP contribution in [0.4, 0.5) is 5.69 Å². The van der Waals surface area contributed by atoms with Gasteiger partial charge in [0.25, 0.3) is 0 Å². The lowest BCUT2D eigenvalue weighted by Gasteiger charge is -2.19. The van der Waals surface area contributed by atoms with E-state index in [2.05, 4.69) is 5.32 Å². The molecule has 0 atom stereocenters. The smallest absolute Gasteiger partial charge is 0.239 e. The van der Waals surface area contributed by atoms with Gasteiger partial charge in [-0.2, -0.15) is 0 Å². The number of amides is 1. The molecule has 94 valence electrons. The molecule has 4 nitrogen and oxygen atoms in total. The van der Waals surface area contributed by atoms with E-state index in [1.165, 1.54) is 0 Å². The summed E-state index contributed by atoms with van der Waals surface area (Å²) in [6.45, 7) is 4.25. The first kappa shape index (κ1) is 13.5. The first-order chi connectivity index (χ1) is 8.02. The van der Waals surface area contributed by atoms with Crippen molar-refractivity contribution in [1.29, 1.82) is 0 Å². The largest absolute Gasteiger partial charge is 0.392 e. The Balaban J connectivity index is 2.56. The number of benzene rings is 1. The minimum absolute atomic E-state index is 0.00809. The van der Waals surface area contributed by atoms with Crippen molar-refractivity contribution in [3.63, 3.8) is 0 Å². The Morgan fingerprint density at radius 1 is 1.35 bits per heavy atom. The summed E-state index contributed by atoms with van der Waals surface area (Å²) in [5, 5.41) is 11.8. The number of aliphatic hydroxyl groups is 1. The number of rotatable bonds is 5. The third kappa shape index (κ3) is 4.44.